The van der Waals surface area contributed by atoms with Crippen molar-refractivity contribution in [2.45, 2.75) is 19.4 Å². The standard InChI is InChI=1S/C16H24N4O.HI/c1-20(2)15(21)12-19-16(18-11-14-8-9-14)17-10-13-6-4-3-5-7-13;/h3-7,14H,8-12H2,1-2H3,(H2,17,18,19);1H. The van der Waals surface area contributed by atoms with E-state index in [0.29, 0.717) is 12.5 Å². The van der Waals surface area contributed by atoms with Crippen LogP contribution in [-0.2, 0) is 11.3 Å². The summed E-state index contributed by atoms with van der Waals surface area (Å²) in [7, 11) is 3.50. The molecule has 1 fully saturated rings. The molecule has 122 valence electrons. The Balaban J connectivity index is 0.00000242. The molecular weight excluding hydrogens is 391 g/mol. The number of benzene rings is 1. The summed E-state index contributed by atoms with van der Waals surface area (Å²) < 4.78 is 0. The van der Waals surface area contributed by atoms with Gasteiger partial charge in [0.15, 0.2) is 5.96 Å². The maximum absolute atomic E-state index is 11.7. The SMILES string of the molecule is CN(C)C(=O)CNC(=NCc1ccccc1)NCC1CC1.I. The summed E-state index contributed by atoms with van der Waals surface area (Å²) in [4.78, 5) is 17.8. The number of aliphatic imine (C=N–C) groups is 1. The lowest BCUT2D eigenvalue weighted by Crippen LogP contribution is -2.43. The number of carbonyl (C=O) groups excluding carboxylic acids is 1. The van der Waals surface area contributed by atoms with Crippen LogP contribution in [0.25, 0.3) is 0 Å². The smallest absolute Gasteiger partial charge is 0.241 e. The highest BCUT2D eigenvalue weighted by molar-refractivity contribution is 14.0. The molecule has 1 aromatic rings. The third-order valence-corrected chi connectivity index (χ3v) is 3.42. The van der Waals surface area contributed by atoms with Crippen molar-refractivity contribution >= 4 is 35.8 Å². The van der Waals surface area contributed by atoms with Crippen LogP contribution in [0.15, 0.2) is 35.3 Å². The van der Waals surface area contributed by atoms with Gasteiger partial charge in [-0.3, -0.25) is 4.79 Å². The molecule has 2 rings (SSSR count). The Morgan fingerprint density at radius 1 is 1.23 bits per heavy atom. The van der Waals surface area contributed by atoms with Gasteiger partial charge in [-0.15, -0.1) is 24.0 Å². The zero-order valence-corrected chi connectivity index (χ0v) is 15.5. The molecule has 0 atom stereocenters. The Bertz CT molecular complexity index is 486. The predicted molar refractivity (Wildman–Crippen MR) is 100 cm³/mol. The molecule has 0 radical (unpaired) electrons. The van der Waals surface area contributed by atoms with E-state index in [-0.39, 0.29) is 36.4 Å². The summed E-state index contributed by atoms with van der Waals surface area (Å²) in [5.41, 5.74) is 1.16. The fourth-order valence-corrected chi connectivity index (χ4v) is 1.81. The molecular formula is C16H25IN4O. The van der Waals surface area contributed by atoms with Gasteiger partial charge in [-0.05, 0) is 24.3 Å². The number of likely N-dealkylation sites (N-methyl/N-ethyl adjacent to an activating group) is 1. The predicted octanol–water partition coefficient (Wildman–Crippen LogP) is 1.84. The molecule has 1 aliphatic carbocycles. The van der Waals surface area contributed by atoms with E-state index in [1.54, 1.807) is 19.0 Å². The number of carbonyl (C=O) groups is 1. The molecule has 1 amide bonds. The highest BCUT2D eigenvalue weighted by Gasteiger charge is 2.21. The van der Waals surface area contributed by atoms with Crippen LogP contribution in [0.2, 0.25) is 0 Å². The number of halogens is 1. The first-order valence-electron chi connectivity index (χ1n) is 7.41. The van der Waals surface area contributed by atoms with E-state index in [2.05, 4.69) is 15.6 Å². The van der Waals surface area contributed by atoms with Gasteiger partial charge < -0.3 is 15.5 Å². The van der Waals surface area contributed by atoms with Crippen molar-refractivity contribution in [2.24, 2.45) is 10.9 Å². The number of amides is 1. The van der Waals surface area contributed by atoms with Crippen LogP contribution >= 0.6 is 24.0 Å². The number of rotatable bonds is 6. The Hall–Kier alpha value is -1.31. The zero-order chi connectivity index (χ0) is 15.1. The molecule has 0 unspecified atom stereocenters. The van der Waals surface area contributed by atoms with Crippen LogP contribution in [0.1, 0.15) is 18.4 Å². The van der Waals surface area contributed by atoms with E-state index >= 15 is 0 Å². The van der Waals surface area contributed by atoms with Crippen LogP contribution in [-0.4, -0.2) is 44.0 Å². The van der Waals surface area contributed by atoms with E-state index < -0.39 is 0 Å². The highest BCUT2D eigenvalue weighted by Crippen LogP contribution is 2.27. The van der Waals surface area contributed by atoms with Crippen molar-refractivity contribution in [1.82, 2.24) is 15.5 Å². The molecule has 2 N–H and O–H groups in total. The second-order valence-corrected chi connectivity index (χ2v) is 5.62. The Morgan fingerprint density at radius 2 is 1.91 bits per heavy atom. The first-order chi connectivity index (χ1) is 10.1. The molecule has 5 nitrogen and oxygen atoms in total. The third kappa shape index (κ3) is 7.11. The molecule has 0 saturated heterocycles. The average molecular weight is 416 g/mol. The average Bonchev–Trinajstić information content (AvgIpc) is 3.31. The van der Waals surface area contributed by atoms with Crippen LogP contribution in [0, 0.1) is 5.92 Å². The molecule has 1 saturated carbocycles. The van der Waals surface area contributed by atoms with Gasteiger partial charge >= 0.3 is 0 Å². The molecule has 0 bridgehead atoms. The number of guanidine groups is 1. The maximum Gasteiger partial charge on any atom is 0.241 e. The lowest BCUT2D eigenvalue weighted by molar-refractivity contribution is -0.127. The van der Waals surface area contributed by atoms with Gasteiger partial charge in [-0.2, -0.15) is 0 Å². The second kappa shape index (κ2) is 9.66. The number of nitrogens with zero attached hydrogens (tertiary/aromatic N) is 2. The fraction of sp³-hybridized carbons (Fsp3) is 0.500. The minimum atomic E-state index is 0. The first kappa shape index (κ1) is 18.7. The van der Waals surface area contributed by atoms with Gasteiger partial charge in [-0.25, -0.2) is 4.99 Å². The van der Waals surface area contributed by atoms with E-state index in [4.69, 9.17) is 0 Å². The van der Waals surface area contributed by atoms with Crippen molar-refractivity contribution in [3.05, 3.63) is 35.9 Å². The molecule has 0 aliphatic heterocycles. The van der Waals surface area contributed by atoms with Crippen LogP contribution in [0.4, 0.5) is 0 Å². The van der Waals surface area contributed by atoms with E-state index in [9.17, 15) is 4.79 Å². The molecule has 1 aliphatic rings. The van der Waals surface area contributed by atoms with Gasteiger partial charge in [0.05, 0.1) is 13.1 Å². The first-order valence-corrected chi connectivity index (χ1v) is 7.41. The Kier molecular flexibility index (Phi) is 8.22. The van der Waals surface area contributed by atoms with Crippen molar-refractivity contribution in [3.8, 4) is 0 Å². The summed E-state index contributed by atoms with van der Waals surface area (Å²) in [5.74, 6) is 1.51. The largest absolute Gasteiger partial charge is 0.356 e. The van der Waals surface area contributed by atoms with Crippen LogP contribution < -0.4 is 10.6 Å². The normalized spacial score (nSPS) is 14.0. The van der Waals surface area contributed by atoms with Gasteiger partial charge in [0.25, 0.3) is 0 Å². The lowest BCUT2D eigenvalue weighted by atomic mass is 10.2. The number of nitrogens with one attached hydrogen (secondary N) is 2. The van der Waals surface area contributed by atoms with Crippen molar-refractivity contribution in [2.75, 3.05) is 27.2 Å². The molecule has 0 heterocycles. The number of hydrogen-bond donors (Lipinski definition) is 2. The minimum absolute atomic E-state index is 0. The Labute approximate surface area is 149 Å². The van der Waals surface area contributed by atoms with Crippen molar-refractivity contribution < 1.29 is 4.79 Å². The summed E-state index contributed by atoms with van der Waals surface area (Å²) in [6, 6.07) is 10.1. The van der Waals surface area contributed by atoms with Crippen LogP contribution in [0.5, 0.6) is 0 Å². The molecule has 6 heteroatoms. The van der Waals surface area contributed by atoms with Crippen LogP contribution in [0.3, 0.4) is 0 Å². The monoisotopic (exact) mass is 416 g/mol. The van der Waals surface area contributed by atoms with Gasteiger partial charge in [0, 0.05) is 20.6 Å². The minimum Gasteiger partial charge on any atom is -0.356 e. The molecule has 1 aromatic carbocycles. The molecule has 0 aromatic heterocycles. The van der Waals surface area contributed by atoms with E-state index in [1.807, 2.05) is 30.3 Å². The quantitative estimate of drug-likeness (QED) is 0.423. The van der Waals surface area contributed by atoms with Gasteiger partial charge in [-0.1, -0.05) is 30.3 Å². The summed E-state index contributed by atoms with van der Waals surface area (Å²) in [6.07, 6.45) is 2.57. The maximum atomic E-state index is 11.7. The van der Waals surface area contributed by atoms with Crippen molar-refractivity contribution in [3.63, 3.8) is 0 Å². The topological polar surface area (TPSA) is 56.7 Å². The highest BCUT2D eigenvalue weighted by atomic mass is 127. The lowest BCUT2D eigenvalue weighted by Gasteiger charge is -2.14. The summed E-state index contributed by atoms with van der Waals surface area (Å²) in [6.45, 7) is 1.80. The van der Waals surface area contributed by atoms with E-state index in [1.165, 1.54) is 12.8 Å². The van der Waals surface area contributed by atoms with E-state index in [0.717, 1.165) is 18.0 Å². The summed E-state index contributed by atoms with van der Waals surface area (Å²) in [5, 5.41) is 6.42. The Morgan fingerprint density at radius 3 is 2.50 bits per heavy atom. The van der Waals surface area contributed by atoms with Crippen molar-refractivity contribution in [1.29, 1.82) is 0 Å². The molecule has 22 heavy (non-hydrogen) atoms. The number of hydrogen-bond acceptors (Lipinski definition) is 2. The fourth-order valence-electron chi connectivity index (χ4n) is 1.81. The van der Waals surface area contributed by atoms with Gasteiger partial charge in [0.1, 0.15) is 0 Å². The second-order valence-electron chi connectivity index (χ2n) is 5.62. The van der Waals surface area contributed by atoms with Gasteiger partial charge in [0.2, 0.25) is 5.91 Å². The summed E-state index contributed by atoms with van der Waals surface area (Å²) >= 11 is 0. The molecule has 0 spiro atoms. The third-order valence-electron chi connectivity index (χ3n) is 3.42. The zero-order valence-electron chi connectivity index (χ0n) is 13.2.